The van der Waals surface area contributed by atoms with E-state index < -0.39 is 11.6 Å². The van der Waals surface area contributed by atoms with E-state index in [0.29, 0.717) is 18.1 Å². The Hall–Kier alpha value is -1.00. The van der Waals surface area contributed by atoms with Crippen LogP contribution in [0.4, 0.5) is 8.78 Å². The van der Waals surface area contributed by atoms with E-state index in [9.17, 15) is 8.78 Å². The molecule has 5 nitrogen and oxygen atoms in total. The quantitative estimate of drug-likeness (QED) is 0.213. The van der Waals surface area contributed by atoms with Crippen LogP contribution in [0.15, 0.2) is 23.2 Å². The molecule has 1 aromatic carbocycles. The fourth-order valence-corrected chi connectivity index (χ4v) is 2.53. The van der Waals surface area contributed by atoms with Crippen LogP contribution in [0.5, 0.6) is 0 Å². The number of likely N-dealkylation sites (N-methyl/N-ethyl adjacent to an activating group) is 1. The fraction of sp³-hybridized carbons (Fsp3) is 0.632. The zero-order valence-electron chi connectivity index (χ0n) is 16.7. The van der Waals surface area contributed by atoms with Crippen LogP contribution in [-0.4, -0.2) is 64.3 Å². The number of nitrogens with zero attached hydrogens (tertiary/aromatic N) is 2. The highest BCUT2D eigenvalue weighted by molar-refractivity contribution is 14.0. The molecule has 0 fully saturated rings. The monoisotopic (exact) mass is 498 g/mol. The van der Waals surface area contributed by atoms with Crippen molar-refractivity contribution in [3.05, 3.63) is 35.4 Å². The van der Waals surface area contributed by atoms with Crippen LogP contribution in [-0.2, 0) is 4.74 Å². The minimum atomic E-state index is -0.563. The molecule has 0 radical (unpaired) electrons. The highest BCUT2D eigenvalue weighted by atomic mass is 127. The fourth-order valence-electron chi connectivity index (χ4n) is 2.53. The largest absolute Gasteiger partial charge is 0.385 e. The second-order valence-electron chi connectivity index (χ2n) is 6.36. The molecular formula is C19H33F2IN4O. The van der Waals surface area contributed by atoms with Crippen molar-refractivity contribution >= 4 is 29.9 Å². The number of guanidine groups is 1. The number of rotatable bonds is 11. The Kier molecular flexibility index (Phi) is 14.4. The summed E-state index contributed by atoms with van der Waals surface area (Å²) >= 11 is 0. The molecule has 0 aliphatic rings. The van der Waals surface area contributed by atoms with Crippen LogP contribution in [0.2, 0.25) is 0 Å². The number of aliphatic imine (C=N–C) groups is 1. The highest BCUT2D eigenvalue weighted by Gasteiger charge is 2.12. The van der Waals surface area contributed by atoms with Crippen molar-refractivity contribution < 1.29 is 13.5 Å². The van der Waals surface area contributed by atoms with E-state index >= 15 is 0 Å². The van der Waals surface area contributed by atoms with E-state index in [1.165, 1.54) is 12.1 Å². The summed E-state index contributed by atoms with van der Waals surface area (Å²) in [6, 6.07) is 3.68. The van der Waals surface area contributed by atoms with Gasteiger partial charge in [-0.2, -0.15) is 0 Å². The number of benzene rings is 1. The maximum Gasteiger partial charge on any atom is 0.191 e. The van der Waals surface area contributed by atoms with Gasteiger partial charge in [-0.05, 0) is 32.0 Å². The molecule has 1 rings (SSSR count). The second-order valence-corrected chi connectivity index (χ2v) is 6.36. The van der Waals surface area contributed by atoms with Gasteiger partial charge in [0.2, 0.25) is 0 Å². The van der Waals surface area contributed by atoms with E-state index in [0.717, 1.165) is 45.3 Å². The molecule has 0 aromatic heterocycles. The lowest BCUT2D eigenvalue weighted by Crippen LogP contribution is -2.41. The van der Waals surface area contributed by atoms with Crippen LogP contribution in [0.1, 0.15) is 31.7 Å². The summed E-state index contributed by atoms with van der Waals surface area (Å²) in [4.78, 5) is 6.75. The smallest absolute Gasteiger partial charge is 0.191 e. The number of methoxy groups -OCH3 is 1. The Bertz CT molecular complexity index is 561. The maximum atomic E-state index is 13.9. The molecule has 0 bridgehead atoms. The van der Waals surface area contributed by atoms with Crippen LogP contribution >= 0.6 is 24.0 Å². The highest BCUT2D eigenvalue weighted by Crippen LogP contribution is 2.20. The summed E-state index contributed by atoms with van der Waals surface area (Å²) in [5.41, 5.74) is 0.476. The van der Waals surface area contributed by atoms with Crippen molar-refractivity contribution in [2.75, 3.05) is 53.5 Å². The third-order valence-corrected chi connectivity index (χ3v) is 4.04. The summed E-state index contributed by atoms with van der Waals surface area (Å²) < 4.78 is 31.9. The first-order valence-corrected chi connectivity index (χ1v) is 9.12. The van der Waals surface area contributed by atoms with Gasteiger partial charge in [-0.15, -0.1) is 24.0 Å². The van der Waals surface area contributed by atoms with Gasteiger partial charge < -0.3 is 20.3 Å². The first-order chi connectivity index (χ1) is 12.5. The number of halogens is 3. The first kappa shape index (κ1) is 26.0. The third kappa shape index (κ3) is 10.8. The molecule has 1 unspecified atom stereocenters. The molecule has 8 heteroatoms. The predicted molar refractivity (Wildman–Crippen MR) is 118 cm³/mol. The SMILES string of the molecule is CCNC(=NCC(C)c1ccc(F)cc1F)NCCN(C)CCCOC.I. The summed E-state index contributed by atoms with van der Waals surface area (Å²) in [6.45, 7) is 8.43. The molecule has 0 saturated carbocycles. The van der Waals surface area contributed by atoms with Crippen molar-refractivity contribution in [1.82, 2.24) is 15.5 Å². The van der Waals surface area contributed by atoms with Crippen molar-refractivity contribution in [2.45, 2.75) is 26.2 Å². The van der Waals surface area contributed by atoms with Crippen LogP contribution in [0.3, 0.4) is 0 Å². The normalized spacial score (nSPS) is 12.6. The molecule has 0 aliphatic carbocycles. The van der Waals surface area contributed by atoms with Crippen molar-refractivity contribution in [2.24, 2.45) is 4.99 Å². The molecule has 0 aliphatic heterocycles. The van der Waals surface area contributed by atoms with Crippen molar-refractivity contribution in [3.8, 4) is 0 Å². The molecule has 2 N–H and O–H groups in total. The molecule has 0 spiro atoms. The number of ether oxygens (including phenoxy) is 1. The van der Waals surface area contributed by atoms with Gasteiger partial charge in [-0.25, -0.2) is 8.78 Å². The van der Waals surface area contributed by atoms with Gasteiger partial charge in [-0.1, -0.05) is 13.0 Å². The molecule has 1 atom stereocenters. The van der Waals surface area contributed by atoms with Gasteiger partial charge in [0, 0.05) is 58.4 Å². The van der Waals surface area contributed by atoms with Gasteiger partial charge in [0.25, 0.3) is 0 Å². The van der Waals surface area contributed by atoms with E-state index in [1.807, 2.05) is 13.8 Å². The maximum absolute atomic E-state index is 13.9. The van der Waals surface area contributed by atoms with E-state index in [1.54, 1.807) is 7.11 Å². The lowest BCUT2D eigenvalue weighted by atomic mass is 10.0. The van der Waals surface area contributed by atoms with Gasteiger partial charge >= 0.3 is 0 Å². The molecule has 0 heterocycles. The van der Waals surface area contributed by atoms with Crippen molar-refractivity contribution in [3.63, 3.8) is 0 Å². The average molecular weight is 498 g/mol. The Balaban J connectivity index is 0.00000676. The lowest BCUT2D eigenvalue weighted by Gasteiger charge is -2.18. The third-order valence-electron chi connectivity index (χ3n) is 4.04. The molecule has 156 valence electrons. The zero-order valence-corrected chi connectivity index (χ0v) is 19.1. The number of hydrogen-bond donors (Lipinski definition) is 2. The average Bonchev–Trinajstić information content (AvgIpc) is 2.59. The first-order valence-electron chi connectivity index (χ1n) is 9.12. The van der Waals surface area contributed by atoms with Crippen LogP contribution in [0, 0.1) is 11.6 Å². The summed E-state index contributed by atoms with van der Waals surface area (Å²) in [5, 5.41) is 6.47. The summed E-state index contributed by atoms with van der Waals surface area (Å²) in [7, 11) is 3.78. The van der Waals surface area contributed by atoms with Gasteiger partial charge in [0.05, 0.1) is 0 Å². The Morgan fingerprint density at radius 2 is 2.00 bits per heavy atom. The van der Waals surface area contributed by atoms with Crippen molar-refractivity contribution in [1.29, 1.82) is 0 Å². The molecule has 27 heavy (non-hydrogen) atoms. The Morgan fingerprint density at radius 3 is 2.63 bits per heavy atom. The lowest BCUT2D eigenvalue weighted by molar-refractivity contribution is 0.180. The summed E-state index contributed by atoms with van der Waals surface area (Å²) in [5.74, 6) is -0.523. The van der Waals surface area contributed by atoms with Gasteiger partial charge in [0.15, 0.2) is 5.96 Å². The van der Waals surface area contributed by atoms with Crippen LogP contribution in [0.25, 0.3) is 0 Å². The Labute approximate surface area is 179 Å². The van der Waals surface area contributed by atoms with E-state index in [-0.39, 0.29) is 29.9 Å². The predicted octanol–water partition coefficient (Wildman–Crippen LogP) is 3.21. The van der Waals surface area contributed by atoms with Gasteiger partial charge in [-0.3, -0.25) is 4.99 Å². The minimum Gasteiger partial charge on any atom is -0.385 e. The number of nitrogens with one attached hydrogen (secondary N) is 2. The topological polar surface area (TPSA) is 48.9 Å². The van der Waals surface area contributed by atoms with E-state index in [4.69, 9.17) is 4.74 Å². The molecule has 1 aromatic rings. The molecular weight excluding hydrogens is 465 g/mol. The summed E-state index contributed by atoms with van der Waals surface area (Å²) in [6.07, 6.45) is 1.00. The molecule has 0 saturated heterocycles. The molecule has 0 amide bonds. The minimum absolute atomic E-state index is 0. The Morgan fingerprint density at radius 1 is 1.26 bits per heavy atom. The number of hydrogen-bond acceptors (Lipinski definition) is 3. The second kappa shape index (κ2) is 15.0. The van der Waals surface area contributed by atoms with Gasteiger partial charge in [0.1, 0.15) is 11.6 Å². The van der Waals surface area contributed by atoms with Crippen LogP contribution < -0.4 is 10.6 Å². The standard InChI is InChI=1S/C19H32F2N4O.HI/c1-5-22-19(23-9-11-25(3)10-6-12-26-4)24-14-15(2)17-8-7-16(20)13-18(17)21;/h7-8,13,15H,5-6,9-12,14H2,1-4H3,(H2,22,23,24);1H. The van der Waals surface area contributed by atoms with E-state index in [2.05, 4.69) is 27.6 Å². The zero-order chi connectivity index (χ0) is 19.4.